The summed E-state index contributed by atoms with van der Waals surface area (Å²) in [4.78, 5) is 0. The van der Waals surface area contributed by atoms with Crippen LogP contribution in [0, 0.1) is 5.92 Å². The van der Waals surface area contributed by atoms with Gasteiger partial charge in [-0.3, -0.25) is 11.3 Å². The first-order chi connectivity index (χ1) is 9.28. The van der Waals surface area contributed by atoms with Crippen molar-refractivity contribution in [2.24, 2.45) is 11.8 Å². The fourth-order valence-corrected chi connectivity index (χ4v) is 2.95. The van der Waals surface area contributed by atoms with Gasteiger partial charge in [0.1, 0.15) is 0 Å². The molecule has 1 aromatic carbocycles. The number of nitrogens with one attached hydrogen (secondary N) is 1. The molecule has 106 valence electrons. The Balaban J connectivity index is 2.12. The molecular formula is C15H24N2O2. The number of hydrazine groups is 1. The first-order valence-electron chi connectivity index (χ1n) is 6.96. The summed E-state index contributed by atoms with van der Waals surface area (Å²) >= 11 is 0. The maximum Gasteiger partial charge on any atom is 0.161 e. The lowest BCUT2D eigenvalue weighted by Gasteiger charge is -2.21. The zero-order chi connectivity index (χ0) is 13.7. The summed E-state index contributed by atoms with van der Waals surface area (Å²) < 4.78 is 10.6. The number of benzene rings is 1. The highest BCUT2D eigenvalue weighted by molar-refractivity contribution is 5.43. The second kappa shape index (κ2) is 6.78. The van der Waals surface area contributed by atoms with Crippen LogP contribution < -0.4 is 20.7 Å². The van der Waals surface area contributed by atoms with Gasteiger partial charge in [-0.2, -0.15) is 0 Å². The van der Waals surface area contributed by atoms with Crippen molar-refractivity contribution >= 4 is 0 Å². The molecule has 0 saturated heterocycles. The Morgan fingerprint density at radius 2 is 1.89 bits per heavy atom. The predicted octanol–water partition coefficient (Wildman–Crippen LogP) is 2.79. The topological polar surface area (TPSA) is 56.5 Å². The first-order valence-corrected chi connectivity index (χ1v) is 6.96. The largest absolute Gasteiger partial charge is 0.493 e. The van der Waals surface area contributed by atoms with E-state index in [-0.39, 0.29) is 6.04 Å². The Bertz CT molecular complexity index is 403. The molecule has 0 aromatic heterocycles. The van der Waals surface area contributed by atoms with E-state index in [1.165, 1.54) is 25.7 Å². The van der Waals surface area contributed by atoms with E-state index in [1.54, 1.807) is 14.2 Å². The highest BCUT2D eigenvalue weighted by atomic mass is 16.5. The van der Waals surface area contributed by atoms with Crippen LogP contribution in [0.15, 0.2) is 18.2 Å². The summed E-state index contributed by atoms with van der Waals surface area (Å²) in [7, 11) is 3.30. The van der Waals surface area contributed by atoms with Crippen molar-refractivity contribution < 1.29 is 9.47 Å². The second-order valence-corrected chi connectivity index (χ2v) is 5.22. The van der Waals surface area contributed by atoms with E-state index in [9.17, 15) is 0 Å². The maximum atomic E-state index is 5.72. The molecule has 0 heterocycles. The number of rotatable bonds is 6. The average Bonchev–Trinajstić information content (AvgIpc) is 2.97. The van der Waals surface area contributed by atoms with Gasteiger partial charge in [-0.05, 0) is 30.0 Å². The van der Waals surface area contributed by atoms with Crippen LogP contribution in [0.4, 0.5) is 0 Å². The molecule has 1 aliphatic rings. The van der Waals surface area contributed by atoms with Gasteiger partial charge in [0.2, 0.25) is 0 Å². The van der Waals surface area contributed by atoms with Gasteiger partial charge in [-0.15, -0.1) is 0 Å². The number of hydrogen-bond acceptors (Lipinski definition) is 4. The van der Waals surface area contributed by atoms with Gasteiger partial charge < -0.3 is 9.47 Å². The van der Waals surface area contributed by atoms with E-state index in [1.807, 2.05) is 12.1 Å². The van der Waals surface area contributed by atoms with Gasteiger partial charge in [-0.1, -0.05) is 31.7 Å². The van der Waals surface area contributed by atoms with Crippen molar-refractivity contribution in [1.82, 2.24) is 5.43 Å². The number of ether oxygens (including phenoxy) is 2. The third-order valence-corrected chi connectivity index (χ3v) is 4.05. The first kappa shape index (κ1) is 14.2. The molecule has 1 unspecified atom stereocenters. The Morgan fingerprint density at radius 1 is 1.21 bits per heavy atom. The highest BCUT2D eigenvalue weighted by Gasteiger charge is 2.21. The number of nitrogens with two attached hydrogens (primary N) is 1. The Morgan fingerprint density at radius 3 is 2.47 bits per heavy atom. The zero-order valence-corrected chi connectivity index (χ0v) is 11.8. The lowest BCUT2D eigenvalue weighted by molar-refractivity contribution is 0.352. The van der Waals surface area contributed by atoms with E-state index in [2.05, 4.69) is 11.5 Å². The van der Waals surface area contributed by atoms with Gasteiger partial charge in [0.05, 0.1) is 14.2 Å². The predicted molar refractivity (Wildman–Crippen MR) is 76.2 cm³/mol. The molecule has 0 amide bonds. The van der Waals surface area contributed by atoms with Gasteiger partial charge >= 0.3 is 0 Å². The van der Waals surface area contributed by atoms with Crippen LogP contribution in [0.3, 0.4) is 0 Å². The fourth-order valence-electron chi connectivity index (χ4n) is 2.95. The minimum atomic E-state index is 0.183. The Hall–Kier alpha value is -1.26. The molecule has 1 aliphatic carbocycles. The molecule has 19 heavy (non-hydrogen) atoms. The molecular weight excluding hydrogens is 240 g/mol. The van der Waals surface area contributed by atoms with Gasteiger partial charge in [0.25, 0.3) is 0 Å². The molecule has 4 heteroatoms. The van der Waals surface area contributed by atoms with Crippen LogP contribution in [0.1, 0.15) is 43.7 Å². The standard InChI is InChI=1S/C15H24N2O2/c1-18-14-8-7-12(10-15(14)19-2)13(17-16)9-11-5-3-4-6-11/h7-8,10-11,13,17H,3-6,9,16H2,1-2H3. The van der Waals surface area contributed by atoms with Gasteiger partial charge in [0.15, 0.2) is 11.5 Å². The quantitative estimate of drug-likeness (QED) is 0.613. The molecule has 1 fully saturated rings. The van der Waals surface area contributed by atoms with Crippen molar-refractivity contribution in [2.75, 3.05) is 14.2 Å². The van der Waals surface area contributed by atoms with Crippen molar-refractivity contribution in [3.8, 4) is 11.5 Å². The van der Waals surface area contributed by atoms with E-state index < -0.39 is 0 Å². The maximum absolute atomic E-state index is 5.72. The lowest BCUT2D eigenvalue weighted by Crippen LogP contribution is -2.29. The smallest absolute Gasteiger partial charge is 0.161 e. The molecule has 0 spiro atoms. The molecule has 3 N–H and O–H groups in total. The summed E-state index contributed by atoms with van der Waals surface area (Å²) in [5, 5.41) is 0. The van der Waals surface area contributed by atoms with Crippen molar-refractivity contribution in [1.29, 1.82) is 0 Å². The summed E-state index contributed by atoms with van der Waals surface area (Å²) in [5.74, 6) is 8.02. The van der Waals surface area contributed by atoms with Crippen LogP contribution in [0.5, 0.6) is 11.5 Å². The summed E-state index contributed by atoms with van der Waals surface area (Å²) in [5.41, 5.74) is 4.10. The van der Waals surface area contributed by atoms with Gasteiger partial charge in [-0.25, -0.2) is 0 Å². The number of methoxy groups -OCH3 is 2. The SMILES string of the molecule is COc1ccc(C(CC2CCCC2)NN)cc1OC. The van der Waals surface area contributed by atoms with E-state index >= 15 is 0 Å². The summed E-state index contributed by atoms with van der Waals surface area (Å²) in [6.45, 7) is 0. The third-order valence-electron chi connectivity index (χ3n) is 4.05. The van der Waals surface area contributed by atoms with Crippen LogP contribution in [0.2, 0.25) is 0 Å². The van der Waals surface area contributed by atoms with E-state index in [4.69, 9.17) is 15.3 Å². The van der Waals surface area contributed by atoms with Gasteiger partial charge in [0, 0.05) is 6.04 Å². The number of hydrogen-bond donors (Lipinski definition) is 2. The van der Waals surface area contributed by atoms with E-state index in [0.717, 1.165) is 29.4 Å². The average molecular weight is 264 g/mol. The van der Waals surface area contributed by atoms with Crippen molar-refractivity contribution in [2.45, 2.75) is 38.1 Å². The minimum Gasteiger partial charge on any atom is -0.493 e. The summed E-state index contributed by atoms with van der Waals surface area (Å²) in [6.07, 6.45) is 6.45. The molecule has 1 saturated carbocycles. The van der Waals surface area contributed by atoms with E-state index in [0.29, 0.717) is 0 Å². The fraction of sp³-hybridized carbons (Fsp3) is 0.600. The Kier molecular flexibility index (Phi) is 5.05. The van der Waals surface area contributed by atoms with Crippen molar-refractivity contribution in [3.63, 3.8) is 0 Å². The van der Waals surface area contributed by atoms with Crippen LogP contribution in [-0.2, 0) is 0 Å². The van der Waals surface area contributed by atoms with Crippen LogP contribution >= 0.6 is 0 Å². The molecule has 0 radical (unpaired) electrons. The Labute approximate surface area is 115 Å². The third kappa shape index (κ3) is 3.39. The molecule has 1 atom stereocenters. The van der Waals surface area contributed by atoms with Crippen LogP contribution in [-0.4, -0.2) is 14.2 Å². The molecule has 2 rings (SSSR count). The normalized spacial score (nSPS) is 17.4. The monoisotopic (exact) mass is 264 g/mol. The van der Waals surface area contributed by atoms with Crippen LogP contribution in [0.25, 0.3) is 0 Å². The van der Waals surface area contributed by atoms with Crippen molar-refractivity contribution in [3.05, 3.63) is 23.8 Å². The molecule has 1 aromatic rings. The highest BCUT2D eigenvalue weighted by Crippen LogP contribution is 2.35. The summed E-state index contributed by atoms with van der Waals surface area (Å²) in [6, 6.07) is 6.19. The lowest BCUT2D eigenvalue weighted by atomic mass is 9.94. The second-order valence-electron chi connectivity index (χ2n) is 5.22. The molecule has 4 nitrogen and oxygen atoms in total. The zero-order valence-electron chi connectivity index (χ0n) is 11.8. The molecule has 0 bridgehead atoms. The molecule has 0 aliphatic heterocycles. The minimum absolute atomic E-state index is 0.183.